The van der Waals surface area contributed by atoms with Crippen molar-refractivity contribution in [2.45, 2.75) is 33.4 Å². The first-order valence-electron chi connectivity index (χ1n) is 5.71. The number of thiazole rings is 1. The van der Waals surface area contributed by atoms with Gasteiger partial charge in [-0.1, -0.05) is 0 Å². The maximum atomic E-state index is 4.49. The molecule has 90 valence electrons. The molecule has 1 unspecified atom stereocenters. The van der Waals surface area contributed by atoms with E-state index < -0.39 is 0 Å². The van der Waals surface area contributed by atoms with Crippen LogP contribution in [0.4, 0.5) is 0 Å². The fourth-order valence-electron chi connectivity index (χ4n) is 1.63. The Morgan fingerprint density at radius 3 is 2.88 bits per heavy atom. The fraction of sp³-hybridized carbons (Fsp3) is 0.385. The molecule has 1 N–H and O–H groups in total. The quantitative estimate of drug-likeness (QED) is 0.902. The number of aryl methyl sites for hydroxylation is 2. The van der Waals surface area contributed by atoms with Crippen LogP contribution in [0.25, 0.3) is 0 Å². The third-order valence-electron chi connectivity index (χ3n) is 2.83. The molecular formula is C13H17N3S. The SMILES string of the molecule is Cc1nc(C(C)NCc2cnccc2C)cs1. The van der Waals surface area contributed by atoms with Gasteiger partial charge in [-0.3, -0.25) is 4.98 Å². The van der Waals surface area contributed by atoms with E-state index in [4.69, 9.17) is 0 Å². The second kappa shape index (κ2) is 5.38. The van der Waals surface area contributed by atoms with E-state index in [-0.39, 0.29) is 6.04 Å². The normalized spacial score (nSPS) is 12.6. The average Bonchev–Trinajstić information content (AvgIpc) is 2.74. The van der Waals surface area contributed by atoms with Gasteiger partial charge in [-0.2, -0.15) is 0 Å². The summed E-state index contributed by atoms with van der Waals surface area (Å²) < 4.78 is 0. The van der Waals surface area contributed by atoms with Crippen LogP contribution in [0.1, 0.15) is 34.8 Å². The molecule has 0 saturated heterocycles. The Hall–Kier alpha value is -1.26. The van der Waals surface area contributed by atoms with Gasteiger partial charge in [-0.05, 0) is 38.0 Å². The molecule has 2 aromatic rings. The van der Waals surface area contributed by atoms with Gasteiger partial charge in [0.05, 0.1) is 10.7 Å². The van der Waals surface area contributed by atoms with Crippen molar-refractivity contribution in [1.82, 2.24) is 15.3 Å². The summed E-state index contributed by atoms with van der Waals surface area (Å²) in [5, 5.41) is 6.70. The van der Waals surface area contributed by atoms with E-state index in [1.807, 2.05) is 25.4 Å². The largest absolute Gasteiger partial charge is 0.305 e. The highest BCUT2D eigenvalue weighted by Gasteiger charge is 2.08. The minimum atomic E-state index is 0.277. The van der Waals surface area contributed by atoms with Crippen molar-refractivity contribution in [3.63, 3.8) is 0 Å². The Bertz CT molecular complexity index is 493. The first-order chi connectivity index (χ1) is 8.16. The summed E-state index contributed by atoms with van der Waals surface area (Å²) >= 11 is 1.69. The van der Waals surface area contributed by atoms with Crippen molar-refractivity contribution in [1.29, 1.82) is 0 Å². The van der Waals surface area contributed by atoms with Gasteiger partial charge in [0, 0.05) is 30.4 Å². The van der Waals surface area contributed by atoms with E-state index in [1.165, 1.54) is 11.1 Å². The standard InChI is InChI=1S/C13H17N3S/c1-9-4-5-14-6-12(9)7-15-10(2)13-8-17-11(3)16-13/h4-6,8,10,15H,7H2,1-3H3. The van der Waals surface area contributed by atoms with Crippen LogP contribution in [0.2, 0.25) is 0 Å². The lowest BCUT2D eigenvalue weighted by molar-refractivity contribution is 0.561. The number of nitrogens with zero attached hydrogens (tertiary/aromatic N) is 2. The summed E-state index contributed by atoms with van der Waals surface area (Å²) in [6.45, 7) is 7.11. The van der Waals surface area contributed by atoms with Gasteiger partial charge in [0.1, 0.15) is 0 Å². The number of rotatable bonds is 4. The molecule has 0 bridgehead atoms. The van der Waals surface area contributed by atoms with Crippen LogP contribution in [0, 0.1) is 13.8 Å². The van der Waals surface area contributed by atoms with E-state index in [2.05, 4.69) is 34.5 Å². The van der Waals surface area contributed by atoms with Crippen LogP contribution in [0.5, 0.6) is 0 Å². The Labute approximate surface area is 106 Å². The van der Waals surface area contributed by atoms with Crippen LogP contribution in [-0.4, -0.2) is 9.97 Å². The van der Waals surface area contributed by atoms with E-state index in [0.29, 0.717) is 0 Å². The molecule has 0 aliphatic heterocycles. The van der Waals surface area contributed by atoms with Gasteiger partial charge >= 0.3 is 0 Å². The van der Waals surface area contributed by atoms with Gasteiger partial charge in [-0.15, -0.1) is 11.3 Å². The minimum absolute atomic E-state index is 0.277. The molecule has 0 aliphatic carbocycles. The molecule has 0 fully saturated rings. The number of pyridine rings is 1. The molecule has 0 saturated carbocycles. The zero-order chi connectivity index (χ0) is 12.3. The maximum absolute atomic E-state index is 4.49. The lowest BCUT2D eigenvalue weighted by Crippen LogP contribution is -2.19. The lowest BCUT2D eigenvalue weighted by atomic mass is 10.1. The Kier molecular flexibility index (Phi) is 3.86. The molecule has 0 aliphatic rings. The van der Waals surface area contributed by atoms with Crippen molar-refractivity contribution < 1.29 is 0 Å². The molecular weight excluding hydrogens is 230 g/mol. The first kappa shape index (κ1) is 12.2. The fourth-order valence-corrected chi connectivity index (χ4v) is 2.33. The van der Waals surface area contributed by atoms with Crippen LogP contribution < -0.4 is 5.32 Å². The Morgan fingerprint density at radius 1 is 1.41 bits per heavy atom. The second-order valence-corrected chi connectivity index (χ2v) is 5.26. The zero-order valence-corrected chi connectivity index (χ0v) is 11.2. The molecule has 3 nitrogen and oxygen atoms in total. The maximum Gasteiger partial charge on any atom is 0.0898 e. The molecule has 0 radical (unpaired) electrons. The third kappa shape index (κ3) is 3.11. The Balaban J connectivity index is 1.97. The summed E-state index contributed by atoms with van der Waals surface area (Å²) in [5.41, 5.74) is 3.63. The predicted molar refractivity (Wildman–Crippen MR) is 71.1 cm³/mol. The highest BCUT2D eigenvalue weighted by Crippen LogP contribution is 2.16. The van der Waals surface area contributed by atoms with Crippen LogP contribution in [0.3, 0.4) is 0 Å². The smallest absolute Gasteiger partial charge is 0.0898 e. The minimum Gasteiger partial charge on any atom is -0.305 e. The number of hydrogen-bond donors (Lipinski definition) is 1. The van der Waals surface area contributed by atoms with E-state index in [1.54, 1.807) is 11.3 Å². The second-order valence-electron chi connectivity index (χ2n) is 4.20. The van der Waals surface area contributed by atoms with Crippen molar-refractivity contribution in [2.24, 2.45) is 0 Å². The molecule has 0 amide bonds. The number of nitrogens with one attached hydrogen (secondary N) is 1. The predicted octanol–water partition coefficient (Wildman–Crippen LogP) is 3.01. The van der Waals surface area contributed by atoms with Gasteiger partial charge < -0.3 is 5.32 Å². The van der Waals surface area contributed by atoms with Crippen molar-refractivity contribution in [3.8, 4) is 0 Å². The van der Waals surface area contributed by atoms with Crippen molar-refractivity contribution in [2.75, 3.05) is 0 Å². The van der Waals surface area contributed by atoms with E-state index in [0.717, 1.165) is 17.2 Å². The topological polar surface area (TPSA) is 37.8 Å². The highest BCUT2D eigenvalue weighted by molar-refractivity contribution is 7.09. The molecule has 0 spiro atoms. The third-order valence-corrected chi connectivity index (χ3v) is 3.62. The van der Waals surface area contributed by atoms with Crippen LogP contribution in [-0.2, 0) is 6.54 Å². The van der Waals surface area contributed by atoms with Crippen molar-refractivity contribution in [3.05, 3.63) is 45.7 Å². The molecule has 17 heavy (non-hydrogen) atoms. The van der Waals surface area contributed by atoms with Crippen molar-refractivity contribution >= 4 is 11.3 Å². The zero-order valence-electron chi connectivity index (χ0n) is 10.4. The molecule has 2 heterocycles. The van der Waals surface area contributed by atoms with Crippen LogP contribution >= 0.6 is 11.3 Å². The van der Waals surface area contributed by atoms with E-state index in [9.17, 15) is 0 Å². The molecule has 2 rings (SSSR count). The lowest BCUT2D eigenvalue weighted by Gasteiger charge is -2.12. The summed E-state index contributed by atoms with van der Waals surface area (Å²) in [7, 11) is 0. The summed E-state index contributed by atoms with van der Waals surface area (Å²) in [4.78, 5) is 8.63. The molecule has 1 atom stereocenters. The summed E-state index contributed by atoms with van der Waals surface area (Å²) in [5.74, 6) is 0. The molecule has 4 heteroatoms. The van der Waals surface area contributed by atoms with Crippen LogP contribution in [0.15, 0.2) is 23.8 Å². The molecule has 2 aromatic heterocycles. The first-order valence-corrected chi connectivity index (χ1v) is 6.59. The highest BCUT2D eigenvalue weighted by atomic mass is 32.1. The van der Waals surface area contributed by atoms with Gasteiger partial charge in [0.15, 0.2) is 0 Å². The average molecular weight is 247 g/mol. The van der Waals surface area contributed by atoms with Gasteiger partial charge in [0.25, 0.3) is 0 Å². The Morgan fingerprint density at radius 2 is 2.24 bits per heavy atom. The van der Waals surface area contributed by atoms with Gasteiger partial charge in [-0.25, -0.2) is 4.98 Å². The summed E-state index contributed by atoms with van der Waals surface area (Å²) in [6, 6.07) is 2.31. The summed E-state index contributed by atoms with van der Waals surface area (Å²) in [6.07, 6.45) is 3.74. The van der Waals surface area contributed by atoms with Gasteiger partial charge in [0.2, 0.25) is 0 Å². The number of hydrogen-bond acceptors (Lipinski definition) is 4. The molecule has 0 aromatic carbocycles. The van der Waals surface area contributed by atoms with E-state index >= 15 is 0 Å². The number of aromatic nitrogens is 2. The monoisotopic (exact) mass is 247 g/mol.